The van der Waals surface area contributed by atoms with Gasteiger partial charge in [0.15, 0.2) is 5.13 Å². The third kappa shape index (κ3) is 6.52. The number of hydrogen-bond donors (Lipinski definition) is 2. The zero-order valence-corrected chi connectivity index (χ0v) is 20.9. The van der Waals surface area contributed by atoms with Gasteiger partial charge in [-0.1, -0.05) is 28.1 Å². The molecule has 0 radical (unpaired) electrons. The van der Waals surface area contributed by atoms with Crippen molar-refractivity contribution in [2.45, 2.75) is 13.0 Å². The summed E-state index contributed by atoms with van der Waals surface area (Å²) in [4.78, 5) is 29.8. The van der Waals surface area contributed by atoms with Gasteiger partial charge in [0.25, 0.3) is 5.91 Å². The van der Waals surface area contributed by atoms with Crippen LogP contribution in [0.25, 0.3) is 11.3 Å². The molecular formula is C26H21BrFN3O3S. The Labute approximate surface area is 214 Å². The smallest absolute Gasteiger partial charge is 0.305 e. The third-order valence-corrected chi connectivity index (χ3v) is 6.52. The molecule has 0 aliphatic heterocycles. The second kappa shape index (κ2) is 11.2. The van der Waals surface area contributed by atoms with E-state index in [0.717, 1.165) is 32.1 Å². The van der Waals surface area contributed by atoms with Crippen LogP contribution in [0.15, 0.2) is 82.6 Å². The van der Waals surface area contributed by atoms with Crippen LogP contribution >= 0.6 is 27.3 Å². The van der Waals surface area contributed by atoms with Gasteiger partial charge in [-0.3, -0.25) is 9.59 Å². The molecule has 6 nitrogen and oxygen atoms in total. The summed E-state index contributed by atoms with van der Waals surface area (Å²) in [6.07, 6.45) is -0.134. The Bertz CT molecular complexity index is 1330. The van der Waals surface area contributed by atoms with Crippen molar-refractivity contribution in [3.8, 4) is 11.3 Å². The fourth-order valence-electron chi connectivity index (χ4n) is 3.41. The highest BCUT2D eigenvalue weighted by Crippen LogP contribution is 2.34. The number of thiazole rings is 1. The standard InChI is InChI=1S/C26H21BrFN3O3S/c27-20-3-1-2-17(14-20)15-31(26-30-23(16-35-26)18-4-8-21(28)9-5-18)22-10-6-19(7-11-22)25(34)29-13-12-24(32)33/h1-11,14,16H,12-13,15H2,(H,29,34)(H,32,33). The third-order valence-electron chi connectivity index (χ3n) is 5.16. The molecule has 3 aromatic carbocycles. The lowest BCUT2D eigenvalue weighted by Gasteiger charge is -2.22. The number of carbonyl (C=O) groups excluding carboxylic acids is 1. The Morgan fingerprint density at radius 1 is 1.06 bits per heavy atom. The van der Waals surface area contributed by atoms with Gasteiger partial charge in [-0.05, 0) is 66.2 Å². The van der Waals surface area contributed by atoms with Crippen molar-refractivity contribution in [1.29, 1.82) is 0 Å². The normalized spacial score (nSPS) is 10.7. The summed E-state index contributed by atoms with van der Waals surface area (Å²) in [5.74, 6) is -1.59. The summed E-state index contributed by atoms with van der Waals surface area (Å²) in [5.41, 5.74) is 3.91. The van der Waals surface area contributed by atoms with Gasteiger partial charge in [0, 0.05) is 33.2 Å². The van der Waals surface area contributed by atoms with Gasteiger partial charge < -0.3 is 15.3 Å². The summed E-state index contributed by atoms with van der Waals surface area (Å²) in [6.45, 7) is 0.607. The van der Waals surface area contributed by atoms with Crippen LogP contribution in [0.3, 0.4) is 0 Å². The van der Waals surface area contributed by atoms with Gasteiger partial charge >= 0.3 is 5.97 Å². The molecule has 0 aliphatic rings. The molecule has 1 aromatic heterocycles. The molecule has 0 saturated heterocycles. The number of carbonyl (C=O) groups is 2. The first-order chi connectivity index (χ1) is 16.9. The van der Waals surface area contributed by atoms with E-state index in [1.807, 2.05) is 46.7 Å². The van der Waals surface area contributed by atoms with Crippen molar-refractivity contribution in [2.75, 3.05) is 11.4 Å². The van der Waals surface area contributed by atoms with Crippen LogP contribution in [-0.4, -0.2) is 28.5 Å². The molecule has 1 heterocycles. The molecule has 4 rings (SSSR count). The molecule has 1 amide bonds. The number of amides is 1. The summed E-state index contributed by atoms with van der Waals surface area (Å²) in [5, 5.41) is 14.0. The minimum absolute atomic E-state index is 0.0657. The number of carboxylic acids is 1. The number of anilines is 2. The Hall–Kier alpha value is -3.56. The number of nitrogens with one attached hydrogen (secondary N) is 1. The van der Waals surface area contributed by atoms with Gasteiger partial charge in [0.1, 0.15) is 5.82 Å². The minimum atomic E-state index is -0.965. The van der Waals surface area contributed by atoms with Crippen LogP contribution in [-0.2, 0) is 11.3 Å². The lowest BCUT2D eigenvalue weighted by Crippen LogP contribution is -2.26. The molecule has 0 saturated carbocycles. The second-order valence-corrected chi connectivity index (χ2v) is 9.44. The van der Waals surface area contributed by atoms with E-state index in [4.69, 9.17) is 10.1 Å². The van der Waals surface area contributed by atoms with Gasteiger partial charge in [-0.2, -0.15) is 0 Å². The lowest BCUT2D eigenvalue weighted by atomic mass is 10.1. The van der Waals surface area contributed by atoms with Gasteiger partial charge in [0.2, 0.25) is 0 Å². The number of halogens is 2. The molecule has 0 aliphatic carbocycles. The minimum Gasteiger partial charge on any atom is -0.481 e. The van der Waals surface area contributed by atoms with Crippen LogP contribution in [0, 0.1) is 5.82 Å². The lowest BCUT2D eigenvalue weighted by molar-refractivity contribution is -0.136. The van der Waals surface area contributed by atoms with E-state index in [1.165, 1.54) is 23.5 Å². The number of nitrogens with zero attached hydrogens (tertiary/aromatic N) is 2. The van der Waals surface area contributed by atoms with Crippen LogP contribution in [0.4, 0.5) is 15.2 Å². The summed E-state index contributed by atoms with van der Waals surface area (Å²) in [7, 11) is 0. The van der Waals surface area contributed by atoms with Crippen LogP contribution in [0.1, 0.15) is 22.3 Å². The number of aliphatic carboxylic acids is 1. The quantitative estimate of drug-likeness (QED) is 0.256. The van der Waals surface area contributed by atoms with Gasteiger partial charge in [-0.15, -0.1) is 11.3 Å². The largest absolute Gasteiger partial charge is 0.481 e. The summed E-state index contributed by atoms with van der Waals surface area (Å²) in [6, 6.07) is 21.3. The van der Waals surface area contributed by atoms with E-state index in [9.17, 15) is 14.0 Å². The van der Waals surface area contributed by atoms with Crippen LogP contribution in [0.2, 0.25) is 0 Å². The predicted molar refractivity (Wildman–Crippen MR) is 139 cm³/mol. The van der Waals surface area contributed by atoms with Crippen molar-refractivity contribution in [3.63, 3.8) is 0 Å². The van der Waals surface area contributed by atoms with Crippen molar-refractivity contribution in [3.05, 3.63) is 99.6 Å². The summed E-state index contributed by atoms with van der Waals surface area (Å²) < 4.78 is 14.3. The van der Waals surface area contributed by atoms with E-state index >= 15 is 0 Å². The molecule has 0 bridgehead atoms. The average molecular weight is 554 g/mol. The topological polar surface area (TPSA) is 82.5 Å². The van der Waals surface area contributed by atoms with Crippen molar-refractivity contribution in [2.24, 2.45) is 0 Å². The average Bonchev–Trinajstić information content (AvgIpc) is 3.33. The number of carboxylic acid groups (broad SMARTS) is 1. The zero-order valence-electron chi connectivity index (χ0n) is 18.4. The Kier molecular flexibility index (Phi) is 7.89. The maximum Gasteiger partial charge on any atom is 0.305 e. The van der Waals surface area contributed by atoms with E-state index in [-0.39, 0.29) is 24.7 Å². The molecule has 4 aromatic rings. The Morgan fingerprint density at radius 2 is 1.80 bits per heavy atom. The van der Waals surface area contributed by atoms with Crippen molar-refractivity contribution >= 4 is 50.0 Å². The molecule has 0 spiro atoms. The number of benzene rings is 3. The number of hydrogen-bond acceptors (Lipinski definition) is 5. The van der Waals surface area contributed by atoms with E-state index < -0.39 is 5.97 Å². The fraction of sp³-hybridized carbons (Fsp3) is 0.115. The predicted octanol–water partition coefficient (Wildman–Crippen LogP) is 6.25. The monoisotopic (exact) mass is 553 g/mol. The molecular weight excluding hydrogens is 533 g/mol. The van der Waals surface area contributed by atoms with Crippen molar-refractivity contribution in [1.82, 2.24) is 10.3 Å². The Morgan fingerprint density at radius 3 is 2.49 bits per heavy atom. The number of rotatable bonds is 9. The van der Waals surface area contributed by atoms with Crippen molar-refractivity contribution < 1.29 is 19.1 Å². The Balaban J connectivity index is 1.60. The van der Waals surface area contributed by atoms with E-state index in [2.05, 4.69) is 21.2 Å². The number of aromatic nitrogens is 1. The highest BCUT2D eigenvalue weighted by atomic mass is 79.9. The van der Waals surface area contributed by atoms with Crippen LogP contribution in [0.5, 0.6) is 0 Å². The highest BCUT2D eigenvalue weighted by Gasteiger charge is 2.16. The zero-order chi connectivity index (χ0) is 24.8. The fourth-order valence-corrected chi connectivity index (χ4v) is 4.71. The van der Waals surface area contributed by atoms with Crippen LogP contribution < -0.4 is 10.2 Å². The summed E-state index contributed by atoms with van der Waals surface area (Å²) >= 11 is 4.99. The van der Waals surface area contributed by atoms with E-state index in [0.29, 0.717) is 12.1 Å². The molecule has 2 N–H and O–H groups in total. The second-order valence-electron chi connectivity index (χ2n) is 7.68. The van der Waals surface area contributed by atoms with Gasteiger partial charge in [-0.25, -0.2) is 9.37 Å². The maximum atomic E-state index is 13.3. The van der Waals surface area contributed by atoms with Gasteiger partial charge in [0.05, 0.1) is 18.7 Å². The SMILES string of the molecule is O=C(O)CCNC(=O)c1ccc(N(Cc2cccc(Br)c2)c2nc(-c3ccc(F)cc3)cs2)cc1. The molecule has 178 valence electrons. The first kappa shape index (κ1) is 24.6. The first-order valence-electron chi connectivity index (χ1n) is 10.7. The molecule has 9 heteroatoms. The molecule has 0 atom stereocenters. The molecule has 35 heavy (non-hydrogen) atoms. The molecule has 0 unspecified atom stereocenters. The molecule has 0 fully saturated rings. The first-order valence-corrected chi connectivity index (χ1v) is 12.4. The van der Waals surface area contributed by atoms with E-state index in [1.54, 1.807) is 24.3 Å². The maximum absolute atomic E-state index is 13.3. The highest BCUT2D eigenvalue weighted by molar-refractivity contribution is 9.10.